The summed E-state index contributed by atoms with van der Waals surface area (Å²) in [7, 11) is -3.81. The number of anilines is 1. The molecule has 0 unspecified atom stereocenters. The van der Waals surface area contributed by atoms with Crippen LogP contribution >= 0.6 is 0 Å². The first-order chi connectivity index (χ1) is 20.6. The molecular formula is C33H40N6O3S. The minimum atomic E-state index is -3.81. The molecule has 2 atom stereocenters. The molecule has 0 spiro atoms. The van der Waals surface area contributed by atoms with Crippen molar-refractivity contribution in [2.45, 2.75) is 75.9 Å². The molecule has 10 heteroatoms. The Balaban J connectivity index is 1.45. The number of hydrogen-bond acceptors (Lipinski definition) is 6. The molecule has 1 aromatic heterocycles. The number of aromatic nitrogens is 2. The van der Waals surface area contributed by atoms with E-state index in [1.54, 1.807) is 65.2 Å². The van der Waals surface area contributed by atoms with Gasteiger partial charge in [-0.3, -0.25) is 19.8 Å². The van der Waals surface area contributed by atoms with Crippen LogP contribution in [0.25, 0.3) is 22.3 Å². The van der Waals surface area contributed by atoms with Crippen molar-refractivity contribution in [3.05, 3.63) is 88.7 Å². The lowest BCUT2D eigenvalue weighted by atomic mass is 9.97. The number of aryl methyl sites for hydroxylation is 1. The number of nitrogens with zero attached hydrogens (tertiary/aromatic N) is 3. The van der Waals surface area contributed by atoms with Crippen molar-refractivity contribution in [3.8, 4) is 11.3 Å². The minimum Gasteiger partial charge on any atom is -0.384 e. The third kappa shape index (κ3) is 6.97. The van der Waals surface area contributed by atoms with Gasteiger partial charge in [-0.15, -0.1) is 0 Å². The van der Waals surface area contributed by atoms with Gasteiger partial charge in [0.15, 0.2) is 0 Å². The van der Waals surface area contributed by atoms with Crippen LogP contribution < -0.4 is 16.0 Å². The van der Waals surface area contributed by atoms with E-state index in [1.807, 2.05) is 0 Å². The lowest BCUT2D eigenvalue weighted by Crippen LogP contribution is -2.44. The van der Waals surface area contributed by atoms with Crippen LogP contribution in [0.2, 0.25) is 0 Å². The Labute approximate surface area is 253 Å². The molecule has 9 nitrogen and oxygen atoms in total. The van der Waals surface area contributed by atoms with Gasteiger partial charge in [0.2, 0.25) is 0 Å². The average molecular weight is 601 g/mol. The fourth-order valence-electron chi connectivity index (χ4n) is 6.02. The van der Waals surface area contributed by atoms with Gasteiger partial charge >= 0.3 is 0 Å². The highest BCUT2D eigenvalue weighted by molar-refractivity contribution is 7.92. The van der Waals surface area contributed by atoms with Crippen LogP contribution in [0, 0.1) is 5.41 Å². The average Bonchev–Trinajstić information content (AvgIpc) is 2.99. The normalized spacial score (nSPS) is 17.6. The van der Waals surface area contributed by atoms with Crippen LogP contribution in [0.4, 0.5) is 5.69 Å². The summed E-state index contributed by atoms with van der Waals surface area (Å²) >= 11 is 0. The number of piperidine rings is 1. The van der Waals surface area contributed by atoms with Gasteiger partial charge in [0.25, 0.3) is 15.6 Å². The van der Waals surface area contributed by atoms with Gasteiger partial charge in [-0.05, 0) is 82.5 Å². The van der Waals surface area contributed by atoms with Crippen LogP contribution in [-0.4, -0.2) is 47.3 Å². The minimum absolute atomic E-state index is 0.0874. The first-order valence-electron chi connectivity index (χ1n) is 15.0. The van der Waals surface area contributed by atoms with Crippen molar-refractivity contribution in [1.29, 1.82) is 5.41 Å². The van der Waals surface area contributed by atoms with Crippen molar-refractivity contribution in [2.75, 3.05) is 11.3 Å². The molecular weight excluding hydrogens is 560 g/mol. The maximum atomic E-state index is 13.9. The van der Waals surface area contributed by atoms with E-state index in [4.69, 9.17) is 16.1 Å². The maximum Gasteiger partial charge on any atom is 0.277 e. The highest BCUT2D eigenvalue weighted by atomic mass is 32.2. The molecule has 5 rings (SSSR count). The predicted octanol–water partition coefficient (Wildman–Crippen LogP) is 5.58. The summed E-state index contributed by atoms with van der Waals surface area (Å²) in [5.74, 6) is -0.0874. The van der Waals surface area contributed by atoms with E-state index >= 15 is 0 Å². The molecule has 43 heavy (non-hydrogen) atoms. The summed E-state index contributed by atoms with van der Waals surface area (Å²) in [5.41, 5.74) is 8.28. The number of unbranched alkanes of at least 4 members (excludes halogenated alkanes) is 2. The molecule has 0 radical (unpaired) electrons. The highest BCUT2D eigenvalue weighted by Crippen LogP contribution is 2.25. The molecule has 4 N–H and O–H groups in total. The lowest BCUT2D eigenvalue weighted by molar-refractivity contribution is 0.101. The second kappa shape index (κ2) is 13.1. The molecule has 1 aliphatic heterocycles. The van der Waals surface area contributed by atoms with Crippen molar-refractivity contribution in [2.24, 2.45) is 5.73 Å². The van der Waals surface area contributed by atoms with Crippen molar-refractivity contribution in [1.82, 2.24) is 14.5 Å². The van der Waals surface area contributed by atoms with Crippen LogP contribution in [0.3, 0.4) is 0 Å². The largest absolute Gasteiger partial charge is 0.384 e. The van der Waals surface area contributed by atoms with Crippen molar-refractivity contribution in [3.63, 3.8) is 0 Å². The molecule has 0 saturated carbocycles. The third-order valence-corrected chi connectivity index (χ3v) is 9.77. The van der Waals surface area contributed by atoms with E-state index in [0.29, 0.717) is 46.5 Å². The summed E-state index contributed by atoms with van der Waals surface area (Å²) in [4.78, 5) is 21.4. The third-order valence-electron chi connectivity index (χ3n) is 8.37. The molecule has 1 fully saturated rings. The zero-order valence-corrected chi connectivity index (χ0v) is 25.6. The summed E-state index contributed by atoms with van der Waals surface area (Å²) in [5, 5.41) is 7.82. The molecule has 3 aromatic carbocycles. The van der Waals surface area contributed by atoms with Gasteiger partial charge in [0.1, 0.15) is 11.5 Å². The molecule has 0 aliphatic carbocycles. The summed E-state index contributed by atoms with van der Waals surface area (Å²) in [6.45, 7) is 6.13. The van der Waals surface area contributed by atoms with Crippen LogP contribution in [0.5, 0.6) is 0 Å². The second-order valence-electron chi connectivity index (χ2n) is 11.5. The number of nitrogens with two attached hydrogens (primary N) is 1. The summed E-state index contributed by atoms with van der Waals surface area (Å²) in [6, 6.07) is 21.4. The molecule has 2 heterocycles. The van der Waals surface area contributed by atoms with Gasteiger partial charge in [-0.2, -0.15) is 0 Å². The van der Waals surface area contributed by atoms with Crippen LogP contribution in [0.1, 0.15) is 57.9 Å². The van der Waals surface area contributed by atoms with Crippen LogP contribution in [-0.2, 0) is 16.6 Å². The first kappa shape index (κ1) is 30.4. The zero-order chi connectivity index (χ0) is 30.6. The molecule has 0 amide bonds. The molecule has 0 bridgehead atoms. The number of sulfonamides is 1. The topological polar surface area (TPSA) is 134 Å². The van der Waals surface area contributed by atoms with E-state index < -0.39 is 10.0 Å². The number of likely N-dealkylation sites (tertiary alicyclic amines) is 1. The molecule has 1 saturated heterocycles. The van der Waals surface area contributed by atoms with Crippen molar-refractivity contribution < 1.29 is 8.42 Å². The SMILES string of the molecule is C[C@@H]1CCC[C@H](C)N1CCCCCn1c(=O)c(-c2cccc(C(=N)N)c2)nc2ccc(NS(=O)(=O)c3ccccc3)cc21. The standard InChI is InChI=1S/C33H40N6O3S/c1-23-11-9-12-24(2)38(23)19-7-4-8-20-39-30-22-27(37-43(41,42)28-15-5-3-6-16-28)17-18-29(30)36-31(33(39)40)25-13-10-14-26(21-25)32(34)35/h3,5-6,10,13-18,21-24,37H,4,7-9,11-12,19-20H2,1-2H3,(H3,34,35)/t23-,24+. The fourth-order valence-corrected chi connectivity index (χ4v) is 7.09. The number of rotatable bonds is 11. The second-order valence-corrected chi connectivity index (χ2v) is 13.1. The monoisotopic (exact) mass is 600 g/mol. The number of benzene rings is 3. The molecule has 4 aromatic rings. The van der Waals surface area contributed by atoms with E-state index in [1.165, 1.54) is 31.4 Å². The quantitative estimate of drug-likeness (QED) is 0.117. The Morgan fingerprint density at radius 1 is 0.953 bits per heavy atom. The number of nitrogen functional groups attached to an aromatic ring is 1. The Hall–Kier alpha value is -4.02. The zero-order valence-electron chi connectivity index (χ0n) is 24.8. The Morgan fingerprint density at radius 3 is 2.40 bits per heavy atom. The Kier molecular flexibility index (Phi) is 9.27. The maximum absolute atomic E-state index is 13.9. The van der Waals surface area contributed by atoms with E-state index in [0.717, 1.165) is 25.8 Å². The van der Waals surface area contributed by atoms with Gasteiger partial charge in [0, 0.05) is 29.8 Å². The number of hydrogen-bond donors (Lipinski definition) is 3. The predicted molar refractivity (Wildman–Crippen MR) is 173 cm³/mol. The highest BCUT2D eigenvalue weighted by Gasteiger charge is 2.24. The van der Waals surface area contributed by atoms with Gasteiger partial charge < -0.3 is 10.3 Å². The number of nitrogens with one attached hydrogen (secondary N) is 2. The van der Waals surface area contributed by atoms with Crippen molar-refractivity contribution >= 4 is 32.6 Å². The van der Waals surface area contributed by atoms with E-state index in [-0.39, 0.29) is 22.0 Å². The number of amidine groups is 1. The van der Waals surface area contributed by atoms with E-state index in [9.17, 15) is 13.2 Å². The van der Waals surface area contributed by atoms with Gasteiger partial charge in [-0.25, -0.2) is 13.4 Å². The number of fused-ring (bicyclic) bond motifs is 1. The van der Waals surface area contributed by atoms with Crippen LogP contribution in [0.15, 0.2) is 82.5 Å². The fraction of sp³-hybridized carbons (Fsp3) is 0.364. The Bertz CT molecular complexity index is 1760. The molecule has 1 aliphatic rings. The Morgan fingerprint density at radius 2 is 1.67 bits per heavy atom. The van der Waals surface area contributed by atoms with Gasteiger partial charge in [-0.1, -0.05) is 49.2 Å². The van der Waals surface area contributed by atoms with E-state index in [2.05, 4.69) is 23.5 Å². The molecule has 226 valence electrons. The smallest absolute Gasteiger partial charge is 0.277 e. The van der Waals surface area contributed by atoms with Gasteiger partial charge in [0.05, 0.1) is 21.6 Å². The summed E-state index contributed by atoms with van der Waals surface area (Å²) < 4.78 is 30.4. The first-order valence-corrected chi connectivity index (χ1v) is 16.5. The summed E-state index contributed by atoms with van der Waals surface area (Å²) in [6.07, 6.45) is 6.57. The lowest BCUT2D eigenvalue weighted by Gasteiger charge is -2.39.